The van der Waals surface area contributed by atoms with E-state index >= 15 is 0 Å². The number of halogens is 1. The molecule has 0 rings (SSSR count). The summed E-state index contributed by atoms with van der Waals surface area (Å²) in [4.78, 5) is 0. The fourth-order valence-corrected chi connectivity index (χ4v) is 2.91. The third kappa shape index (κ3) is 9.07. The summed E-state index contributed by atoms with van der Waals surface area (Å²) < 4.78 is 5.97. The van der Waals surface area contributed by atoms with E-state index in [1.807, 2.05) is 0 Å². The van der Waals surface area contributed by atoms with Crippen molar-refractivity contribution in [1.29, 1.82) is 0 Å². The maximum Gasteiger partial charge on any atom is 0.0547 e. The van der Waals surface area contributed by atoms with Gasteiger partial charge in [0.15, 0.2) is 0 Å². The van der Waals surface area contributed by atoms with Gasteiger partial charge < -0.3 is 4.74 Å². The zero-order valence-corrected chi connectivity index (χ0v) is 14.0. The summed E-state index contributed by atoms with van der Waals surface area (Å²) >= 11 is 3.59. The monoisotopic (exact) mass is 306 g/mol. The van der Waals surface area contributed by atoms with Gasteiger partial charge in [-0.3, -0.25) is 0 Å². The van der Waals surface area contributed by atoms with Gasteiger partial charge in [-0.2, -0.15) is 0 Å². The van der Waals surface area contributed by atoms with Gasteiger partial charge in [-0.15, -0.1) is 0 Å². The van der Waals surface area contributed by atoms with Crippen molar-refractivity contribution in [2.24, 2.45) is 11.3 Å². The Kier molecular flexibility index (Phi) is 9.62. The summed E-state index contributed by atoms with van der Waals surface area (Å²) in [5.74, 6) is 0.598. The average molecular weight is 307 g/mol. The molecular formula is C15H31BrO. The van der Waals surface area contributed by atoms with Crippen LogP contribution in [0.4, 0.5) is 0 Å². The molecule has 0 aromatic rings. The van der Waals surface area contributed by atoms with Crippen LogP contribution in [0.15, 0.2) is 0 Å². The van der Waals surface area contributed by atoms with Crippen LogP contribution in [0, 0.1) is 11.3 Å². The van der Waals surface area contributed by atoms with Gasteiger partial charge in [0.25, 0.3) is 0 Å². The number of ether oxygens (including phenoxy) is 1. The Morgan fingerprint density at radius 2 is 1.76 bits per heavy atom. The van der Waals surface area contributed by atoms with Crippen molar-refractivity contribution >= 4 is 15.9 Å². The molecule has 0 N–H and O–H groups in total. The van der Waals surface area contributed by atoms with Crippen LogP contribution in [-0.4, -0.2) is 18.0 Å². The minimum absolute atomic E-state index is 0.325. The van der Waals surface area contributed by atoms with Crippen LogP contribution in [0.25, 0.3) is 0 Å². The third-order valence-corrected chi connectivity index (χ3v) is 4.24. The summed E-state index contributed by atoms with van der Waals surface area (Å²) in [5.41, 5.74) is 0.325. The molecule has 0 aromatic heterocycles. The van der Waals surface area contributed by atoms with Gasteiger partial charge in [0.2, 0.25) is 0 Å². The second-order valence-electron chi connectivity index (χ2n) is 6.21. The highest BCUT2D eigenvalue weighted by Gasteiger charge is 2.24. The number of hydrogen-bond donors (Lipinski definition) is 0. The number of unbranched alkanes of at least 4 members (excludes halogenated alkanes) is 3. The van der Waals surface area contributed by atoms with E-state index in [0.29, 0.717) is 17.4 Å². The summed E-state index contributed by atoms with van der Waals surface area (Å²) in [6, 6.07) is 0. The van der Waals surface area contributed by atoms with E-state index in [1.165, 1.54) is 32.1 Å². The normalized spacial score (nSPS) is 15.9. The lowest BCUT2D eigenvalue weighted by Gasteiger charge is -2.30. The first kappa shape index (κ1) is 17.4. The topological polar surface area (TPSA) is 9.23 Å². The molecule has 0 aliphatic carbocycles. The van der Waals surface area contributed by atoms with Crippen molar-refractivity contribution in [1.82, 2.24) is 0 Å². The van der Waals surface area contributed by atoms with Crippen LogP contribution >= 0.6 is 15.9 Å². The average Bonchev–Trinajstić information content (AvgIpc) is 2.23. The summed E-state index contributed by atoms with van der Waals surface area (Å²) in [6.45, 7) is 12.2. The van der Waals surface area contributed by atoms with Crippen LogP contribution in [0.2, 0.25) is 0 Å². The molecule has 0 saturated heterocycles. The van der Waals surface area contributed by atoms with E-state index in [0.717, 1.165) is 11.9 Å². The zero-order chi connectivity index (χ0) is 13.3. The van der Waals surface area contributed by atoms with Crippen molar-refractivity contribution in [3.8, 4) is 0 Å². The number of rotatable bonds is 9. The van der Waals surface area contributed by atoms with E-state index < -0.39 is 0 Å². The molecule has 0 saturated carbocycles. The Hall–Kier alpha value is 0.440. The van der Waals surface area contributed by atoms with Crippen LogP contribution < -0.4 is 0 Å². The van der Waals surface area contributed by atoms with Crippen molar-refractivity contribution in [2.45, 2.75) is 72.8 Å². The van der Waals surface area contributed by atoms with Crippen molar-refractivity contribution in [3.63, 3.8) is 0 Å². The van der Waals surface area contributed by atoms with Gasteiger partial charge >= 0.3 is 0 Å². The Morgan fingerprint density at radius 3 is 2.24 bits per heavy atom. The first-order chi connectivity index (χ1) is 7.91. The van der Waals surface area contributed by atoms with Gasteiger partial charge in [-0.05, 0) is 24.7 Å². The molecule has 0 bridgehead atoms. The fraction of sp³-hybridized carbons (Fsp3) is 1.00. The van der Waals surface area contributed by atoms with Gasteiger partial charge in [0, 0.05) is 5.33 Å². The second-order valence-corrected chi connectivity index (χ2v) is 6.86. The molecule has 2 atom stereocenters. The molecule has 0 spiro atoms. The third-order valence-electron chi connectivity index (χ3n) is 3.46. The Bertz CT molecular complexity index is 174. The van der Waals surface area contributed by atoms with Crippen molar-refractivity contribution in [3.05, 3.63) is 0 Å². The lowest BCUT2D eigenvalue weighted by molar-refractivity contribution is 0.0137. The Labute approximate surface area is 117 Å². The predicted molar refractivity (Wildman–Crippen MR) is 80.9 cm³/mol. The second kappa shape index (κ2) is 9.38. The summed E-state index contributed by atoms with van der Waals surface area (Å²) in [5, 5.41) is 1.03. The quantitative estimate of drug-likeness (QED) is 0.408. The van der Waals surface area contributed by atoms with Gasteiger partial charge in [0.05, 0.1) is 12.7 Å². The SMILES string of the molecule is CCCCCCC(C)OCC(CBr)C(C)(C)C. The highest BCUT2D eigenvalue weighted by atomic mass is 79.9. The lowest BCUT2D eigenvalue weighted by atomic mass is 9.83. The van der Waals surface area contributed by atoms with Crippen LogP contribution in [-0.2, 0) is 4.74 Å². The molecule has 1 nitrogen and oxygen atoms in total. The molecule has 17 heavy (non-hydrogen) atoms. The Balaban J connectivity index is 3.70. The molecular weight excluding hydrogens is 276 g/mol. The minimum Gasteiger partial charge on any atom is -0.378 e. The van der Waals surface area contributed by atoms with Gasteiger partial charge in [-0.1, -0.05) is 69.3 Å². The first-order valence-corrected chi connectivity index (χ1v) is 8.21. The van der Waals surface area contributed by atoms with E-state index in [1.54, 1.807) is 0 Å². The molecule has 0 fully saturated rings. The van der Waals surface area contributed by atoms with E-state index in [2.05, 4.69) is 50.5 Å². The van der Waals surface area contributed by atoms with Gasteiger partial charge in [-0.25, -0.2) is 0 Å². The van der Waals surface area contributed by atoms with E-state index in [9.17, 15) is 0 Å². The largest absolute Gasteiger partial charge is 0.378 e. The molecule has 0 amide bonds. The Morgan fingerprint density at radius 1 is 1.12 bits per heavy atom. The van der Waals surface area contributed by atoms with Crippen molar-refractivity contribution in [2.75, 3.05) is 11.9 Å². The van der Waals surface area contributed by atoms with Gasteiger partial charge in [0.1, 0.15) is 0 Å². The number of hydrogen-bond acceptors (Lipinski definition) is 1. The predicted octanol–water partition coefficient (Wildman–Crippen LogP) is 5.42. The lowest BCUT2D eigenvalue weighted by Crippen LogP contribution is -2.28. The molecule has 2 unspecified atom stereocenters. The molecule has 0 aromatic carbocycles. The van der Waals surface area contributed by atoms with Crippen molar-refractivity contribution < 1.29 is 4.74 Å². The standard InChI is InChI=1S/C15H31BrO/c1-6-7-8-9-10-13(2)17-12-14(11-16)15(3,4)5/h13-14H,6-12H2,1-5H3. The summed E-state index contributed by atoms with van der Waals surface area (Å²) in [6.07, 6.45) is 6.95. The maximum atomic E-state index is 5.97. The van der Waals surface area contributed by atoms with Crippen LogP contribution in [0.5, 0.6) is 0 Å². The van der Waals surface area contributed by atoms with Crippen LogP contribution in [0.3, 0.4) is 0 Å². The molecule has 0 radical (unpaired) electrons. The number of alkyl halides is 1. The minimum atomic E-state index is 0.325. The van der Waals surface area contributed by atoms with E-state index in [-0.39, 0.29) is 0 Å². The highest BCUT2D eigenvalue weighted by Crippen LogP contribution is 2.28. The highest BCUT2D eigenvalue weighted by molar-refractivity contribution is 9.09. The smallest absolute Gasteiger partial charge is 0.0547 e. The van der Waals surface area contributed by atoms with Crippen LogP contribution in [0.1, 0.15) is 66.7 Å². The maximum absolute atomic E-state index is 5.97. The molecule has 0 heterocycles. The molecule has 104 valence electrons. The zero-order valence-electron chi connectivity index (χ0n) is 12.4. The van der Waals surface area contributed by atoms with E-state index in [4.69, 9.17) is 4.74 Å². The molecule has 0 aliphatic rings. The molecule has 0 aliphatic heterocycles. The summed E-state index contributed by atoms with van der Waals surface area (Å²) in [7, 11) is 0. The first-order valence-electron chi connectivity index (χ1n) is 7.09. The fourth-order valence-electron chi connectivity index (χ4n) is 1.75. The molecule has 2 heteroatoms.